The van der Waals surface area contributed by atoms with Crippen molar-refractivity contribution in [1.29, 1.82) is 0 Å². The second-order valence-electron chi connectivity index (χ2n) is 6.24. The maximum absolute atomic E-state index is 12.7. The molecule has 1 saturated heterocycles. The monoisotopic (exact) mass is 325 g/mol. The van der Waals surface area contributed by atoms with Crippen LogP contribution in [0.3, 0.4) is 0 Å². The second-order valence-corrected chi connectivity index (χ2v) is 8.18. The predicted octanol–water partition coefficient (Wildman–Crippen LogP) is 3.59. The van der Waals surface area contributed by atoms with Crippen LogP contribution in [0.2, 0.25) is 0 Å². The lowest BCUT2D eigenvalue weighted by molar-refractivity contribution is 0.281. The molecule has 4 nitrogen and oxygen atoms in total. The largest absolute Gasteiger partial charge is 0.493 e. The molecule has 0 aromatic heterocycles. The smallest absolute Gasteiger partial charge is 0.243 e. The van der Waals surface area contributed by atoms with E-state index in [0.29, 0.717) is 30.5 Å². The molecule has 1 aliphatic rings. The molecular weight excluding hydrogens is 298 g/mol. The quantitative estimate of drug-likeness (QED) is 0.751. The summed E-state index contributed by atoms with van der Waals surface area (Å²) >= 11 is 0. The van der Waals surface area contributed by atoms with Crippen LogP contribution in [0.1, 0.15) is 45.1 Å². The van der Waals surface area contributed by atoms with Gasteiger partial charge in [-0.2, -0.15) is 4.31 Å². The number of hydrogen-bond donors (Lipinski definition) is 0. The number of piperidine rings is 1. The summed E-state index contributed by atoms with van der Waals surface area (Å²) in [5, 5.41) is 0. The Bertz CT molecular complexity index is 598. The Morgan fingerprint density at radius 3 is 2.77 bits per heavy atom. The van der Waals surface area contributed by atoms with Gasteiger partial charge in [-0.25, -0.2) is 8.42 Å². The molecule has 0 bridgehead atoms. The number of rotatable bonds is 6. The first-order chi connectivity index (χ1) is 10.4. The van der Waals surface area contributed by atoms with E-state index in [9.17, 15) is 8.42 Å². The number of hydrogen-bond acceptors (Lipinski definition) is 3. The van der Waals surface area contributed by atoms with Crippen LogP contribution in [-0.2, 0) is 10.0 Å². The predicted molar refractivity (Wildman–Crippen MR) is 88.7 cm³/mol. The summed E-state index contributed by atoms with van der Waals surface area (Å²) in [4.78, 5) is 0.377. The van der Waals surface area contributed by atoms with Crippen LogP contribution < -0.4 is 4.74 Å². The first-order valence-electron chi connectivity index (χ1n) is 8.18. The van der Waals surface area contributed by atoms with E-state index in [-0.39, 0.29) is 0 Å². The van der Waals surface area contributed by atoms with Gasteiger partial charge in [0.25, 0.3) is 0 Å². The highest BCUT2D eigenvalue weighted by molar-refractivity contribution is 7.89. The molecule has 2 rings (SSSR count). The summed E-state index contributed by atoms with van der Waals surface area (Å²) in [6.07, 6.45) is 4.14. The van der Waals surface area contributed by atoms with E-state index in [1.165, 1.54) is 0 Å². The molecule has 0 unspecified atom stereocenters. The Morgan fingerprint density at radius 2 is 2.14 bits per heavy atom. The Labute approximate surface area is 134 Å². The standard InChI is InChI=1S/C17H27NO3S/c1-4-5-11-21-17-9-8-16(12-15(17)3)22(19,20)18-10-6-7-14(2)13-18/h8-9,12,14H,4-7,10-11,13H2,1-3H3/t14-/m0/s1. The van der Waals surface area contributed by atoms with E-state index < -0.39 is 10.0 Å². The van der Waals surface area contributed by atoms with E-state index in [2.05, 4.69) is 13.8 Å². The number of unbranched alkanes of at least 4 members (excludes halogenated alkanes) is 1. The molecule has 0 amide bonds. The van der Waals surface area contributed by atoms with Crippen molar-refractivity contribution in [2.24, 2.45) is 5.92 Å². The second kappa shape index (κ2) is 7.47. The zero-order valence-corrected chi connectivity index (χ0v) is 14.7. The molecule has 0 N–H and O–H groups in total. The fraction of sp³-hybridized carbons (Fsp3) is 0.647. The molecule has 1 atom stereocenters. The fourth-order valence-electron chi connectivity index (χ4n) is 2.78. The summed E-state index contributed by atoms with van der Waals surface area (Å²) < 4.78 is 32.8. The van der Waals surface area contributed by atoms with Gasteiger partial charge in [-0.1, -0.05) is 20.3 Å². The van der Waals surface area contributed by atoms with Crippen LogP contribution in [0.5, 0.6) is 5.75 Å². The molecule has 0 saturated carbocycles. The minimum absolute atomic E-state index is 0.377. The van der Waals surface area contributed by atoms with Crippen molar-refractivity contribution >= 4 is 10.0 Å². The van der Waals surface area contributed by atoms with E-state index in [1.54, 1.807) is 22.5 Å². The van der Waals surface area contributed by atoms with Gasteiger partial charge >= 0.3 is 0 Å². The molecule has 1 fully saturated rings. The van der Waals surface area contributed by atoms with E-state index in [0.717, 1.165) is 37.0 Å². The lowest BCUT2D eigenvalue weighted by Gasteiger charge is -2.30. The van der Waals surface area contributed by atoms with Gasteiger partial charge in [0.15, 0.2) is 0 Å². The van der Waals surface area contributed by atoms with Gasteiger partial charge in [-0.15, -0.1) is 0 Å². The maximum atomic E-state index is 12.7. The molecule has 1 aliphatic heterocycles. The van der Waals surface area contributed by atoms with Gasteiger partial charge < -0.3 is 4.74 Å². The first kappa shape index (κ1) is 17.3. The molecular formula is C17H27NO3S. The SMILES string of the molecule is CCCCOc1ccc(S(=O)(=O)N2CCC[C@H](C)C2)cc1C. The third kappa shape index (κ3) is 4.02. The van der Waals surface area contributed by atoms with Crippen molar-refractivity contribution in [2.45, 2.75) is 51.3 Å². The van der Waals surface area contributed by atoms with Gasteiger partial charge in [-0.05, 0) is 55.9 Å². The average Bonchev–Trinajstić information content (AvgIpc) is 2.49. The number of ether oxygens (including phenoxy) is 1. The van der Waals surface area contributed by atoms with Gasteiger partial charge in [-0.3, -0.25) is 0 Å². The summed E-state index contributed by atoms with van der Waals surface area (Å²) in [5.74, 6) is 1.21. The Hall–Kier alpha value is -1.07. The van der Waals surface area contributed by atoms with Crippen LogP contribution in [0.15, 0.2) is 23.1 Å². The highest BCUT2D eigenvalue weighted by Crippen LogP contribution is 2.27. The van der Waals surface area contributed by atoms with Crippen LogP contribution in [-0.4, -0.2) is 32.4 Å². The fourth-order valence-corrected chi connectivity index (χ4v) is 4.47. The minimum Gasteiger partial charge on any atom is -0.493 e. The molecule has 0 spiro atoms. The van der Waals surface area contributed by atoms with Crippen molar-refractivity contribution in [3.8, 4) is 5.75 Å². The topological polar surface area (TPSA) is 46.6 Å². The van der Waals surface area contributed by atoms with Gasteiger partial charge in [0, 0.05) is 13.1 Å². The zero-order chi connectivity index (χ0) is 16.2. The Balaban J connectivity index is 2.15. The zero-order valence-electron chi connectivity index (χ0n) is 13.8. The van der Waals surface area contributed by atoms with Gasteiger partial charge in [0.1, 0.15) is 5.75 Å². The maximum Gasteiger partial charge on any atom is 0.243 e. The summed E-state index contributed by atoms with van der Waals surface area (Å²) in [5.41, 5.74) is 0.877. The molecule has 0 aliphatic carbocycles. The molecule has 5 heteroatoms. The minimum atomic E-state index is -3.38. The van der Waals surface area contributed by atoms with E-state index >= 15 is 0 Å². The summed E-state index contributed by atoms with van der Waals surface area (Å²) in [6, 6.07) is 5.18. The molecule has 1 aromatic rings. The van der Waals surface area contributed by atoms with E-state index in [4.69, 9.17) is 4.74 Å². The van der Waals surface area contributed by atoms with Crippen LogP contribution in [0.4, 0.5) is 0 Å². The number of benzene rings is 1. The van der Waals surface area contributed by atoms with E-state index in [1.807, 2.05) is 6.92 Å². The van der Waals surface area contributed by atoms with Crippen LogP contribution in [0.25, 0.3) is 0 Å². The van der Waals surface area contributed by atoms with Crippen molar-refractivity contribution in [1.82, 2.24) is 4.31 Å². The third-order valence-corrected chi connectivity index (χ3v) is 6.02. The molecule has 22 heavy (non-hydrogen) atoms. The van der Waals surface area contributed by atoms with Crippen LogP contribution in [0, 0.1) is 12.8 Å². The van der Waals surface area contributed by atoms with Crippen LogP contribution >= 0.6 is 0 Å². The molecule has 1 aromatic carbocycles. The summed E-state index contributed by atoms with van der Waals surface area (Å²) in [7, 11) is -3.38. The average molecular weight is 325 g/mol. The van der Waals surface area contributed by atoms with Gasteiger partial charge in [0.2, 0.25) is 10.0 Å². The van der Waals surface area contributed by atoms with Gasteiger partial charge in [0.05, 0.1) is 11.5 Å². The lowest BCUT2D eigenvalue weighted by Crippen LogP contribution is -2.39. The third-order valence-electron chi connectivity index (χ3n) is 4.16. The number of nitrogens with zero attached hydrogens (tertiary/aromatic N) is 1. The Morgan fingerprint density at radius 1 is 1.36 bits per heavy atom. The molecule has 0 radical (unpaired) electrons. The molecule has 1 heterocycles. The molecule has 124 valence electrons. The highest BCUT2D eigenvalue weighted by Gasteiger charge is 2.28. The highest BCUT2D eigenvalue weighted by atomic mass is 32.2. The number of aryl methyl sites for hydroxylation is 1. The van der Waals surface area contributed by atoms with Crippen molar-refractivity contribution in [3.63, 3.8) is 0 Å². The van der Waals surface area contributed by atoms with Crippen molar-refractivity contribution in [2.75, 3.05) is 19.7 Å². The first-order valence-corrected chi connectivity index (χ1v) is 9.62. The lowest BCUT2D eigenvalue weighted by atomic mass is 10.0. The normalized spacial score (nSPS) is 20.0. The number of sulfonamides is 1. The summed E-state index contributed by atoms with van der Waals surface area (Å²) in [6.45, 7) is 8.05. The van der Waals surface area contributed by atoms with Crippen molar-refractivity contribution in [3.05, 3.63) is 23.8 Å². The van der Waals surface area contributed by atoms with Crippen molar-refractivity contribution < 1.29 is 13.2 Å². The Kier molecular flexibility index (Phi) is 5.87.